The van der Waals surface area contributed by atoms with Crippen molar-refractivity contribution in [1.82, 2.24) is 0 Å². The van der Waals surface area contributed by atoms with Gasteiger partial charge in [-0.15, -0.1) is 0 Å². The minimum atomic E-state index is -0.0868. The van der Waals surface area contributed by atoms with Crippen LogP contribution in [0.1, 0.15) is 69.4 Å². The van der Waals surface area contributed by atoms with E-state index in [-0.39, 0.29) is 5.97 Å². The number of methoxy groups -OCH3 is 1. The van der Waals surface area contributed by atoms with Gasteiger partial charge in [-0.3, -0.25) is 4.79 Å². The maximum Gasteiger partial charge on any atom is 0.305 e. The van der Waals surface area contributed by atoms with Crippen molar-refractivity contribution in [2.24, 2.45) is 0 Å². The second-order valence-corrected chi connectivity index (χ2v) is 5.72. The van der Waals surface area contributed by atoms with E-state index < -0.39 is 0 Å². The van der Waals surface area contributed by atoms with Gasteiger partial charge >= 0.3 is 5.97 Å². The van der Waals surface area contributed by atoms with Crippen LogP contribution in [0.25, 0.3) is 0 Å². The lowest BCUT2D eigenvalue weighted by atomic mass is 9.97. The van der Waals surface area contributed by atoms with Gasteiger partial charge in [0.25, 0.3) is 0 Å². The van der Waals surface area contributed by atoms with Crippen molar-refractivity contribution in [3.8, 4) is 0 Å². The molecule has 0 heterocycles. The molecule has 0 aliphatic rings. The van der Waals surface area contributed by atoms with Crippen molar-refractivity contribution < 1.29 is 9.53 Å². The number of hydrogen-bond acceptors (Lipinski definition) is 2. The Hall–Kier alpha value is -1.31. The molecule has 0 atom stereocenters. The van der Waals surface area contributed by atoms with Gasteiger partial charge in [0.05, 0.1) is 7.11 Å². The van der Waals surface area contributed by atoms with Crippen molar-refractivity contribution >= 4 is 5.97 Å². The van der Waals surface area contributed by atoms with Crippen LogP contribution in [0.3, 0.4) is 0 Å². The molecule has 1 aromatic carbocycles. The van der Waals surface area contributed by atoms with Gasteiger partial charge < -0.3 is 4.74 Å². The van der Waals surface area contributed by atoms with Crippen molar-refractivity contribution in [2.75, 3.05) is 7.11 Å². The molecule has 1 aromatic rings. The number of aryl methyl sites for hydroxylation is 2. The second kappa shape index (κ2) is 11.4. The molecular formula is C19H30O2. The first-order valence-corrected chi connectivity index (χ1v) is 8.41. The molecule has 21 heavy (non-hydrogen) atoms. The van der Waals surface area contributed by atoms with Crippen LogP contribution in [0, 0.1) is 0 Å². The number of ether oxygens (including phenoxy) is 1. The van der Waals surface area contributed by atoms with E-state index in [1.165, 1.54) is 63.2 Å². The zero-order chi connectivity index (χ0) is 15.3. The van der Waals surface area contributed by atoms with E-state index in [2.05, 4.69) is 35.9 Å². The molecule has 0 spiro atoms. The molecule has 0 radical (unpaired) electrons. The Kier molecular flexibility index (Phi) is 9.60. The highest BCUT2D eigenvalue weighted by Crippen LogP contribution is 2.16. The zero-order valence-corrected chi connectivity index (χ0v) is 13.7. The summed E-state index contributed by atoms with van der Waals surface area (Å²) in [6.07, 6.45) is 11.3. The van der Waals surface area contributed by atoms with Crippen molar-refractivity contribution in [2.45, 2.75) is 71.1 Å². The first-order valence-electron chi connectivity index (χ1n) is 8.41. The van der Waals surface area contributed by atoms with Crippen LogP contribution in [-0.4, -0.2) is 13.1 Å². The highest BCUT2D eigenvalue weighted by Gasteiger charge is 2.03. The quantitative estimate of drug-likeness (QED) is 0.419. The molecule has 0 saturated carbocycles. The predicted molar refractivity (Wildman–Crippen MR) is 88.5 cm³/mol. The number of benzene rings is 1. The molecule has 0 saturated heterocycles. The number of carbonyl (C=O) groups excluding carboxylic acids is 1. The van der Waals surface area contributed by atoms with Gasteiger partial charge in [-0.05, 0) is 43.2 Å². The smallest absolute Gasteiger partial charge is 0.305 e. The maximum absolute atomic E-state index is 11.0. The standard InChI is InChI=1S/C19H30O2/c1-3-4-7-12-17-14-10-11-15-18(17)13-8-5-6-9-16-19(20)21-2/h10-11,14-15H,3-9,12-13,16H2,1-2H3. The highest BCUT2D eigenvalue weighted by molar-refractivity contribution is 5.68. The molecule has 118 valence electrons. The first-order chi connectivity index (χ1) is 10.3. The number of carbonyl (C=O) groups is 1. The van der Waals surface area contributed by atoms with E-state index in [0.29, 0.717) is 6.42 Å². The molecule has 0 bridgehead atoms. The first kappa shape index (κ1) is 17.7. The van der Waals surface area contributed by atoms with E-state index >= 15 is 0 Å². The maximum atomic E-state index is 11.0. The number of rotatable bonds is 11. The monoisotopic (exact) mass is 290 g/mol. The molecule has 2 nitrogen and oxygen atoms in total. The highest BCUT2D eigenvalue weighted by atomic mass is 16.5. The number of unbranched alkanes of at least 4 members (excludes halogenated alkanes) is 5. The average molecular weight is 290 g/mol. The average Bonchev–Trinajstić information content (AvgIpc) is 2.52. The Labute approximate surface area is 129 Å². The lowest BCUT2D eigenvalue weighted by Gasteiger charge is -2.09. The predicted octanol–water partition coefficient (Wildman–Crippen LogP) is 5.09. The Morgan fingerprint density at radius 1 is 0.905 bits per heavy atom. The van der Waals surface area contributed by atoms with Crippen LogP contribution in [0.15, 0.2) is 24.3 Å². The molecule has 2 heteroatoms. The third kappa shape index (κ3) is 7.89. The van der Waals surface area contributed by atoms with Crippen LogP contribution in [0.5, 0.6) is 0 Å². The lowest BCUT2D eigenvalue weighted by Crippen LogP contribution is -1.99. The van der Waals surface area contributed by atoms with Crippen molar-refractivity contribution in [3.63, 3.8) is 0 Å². The Morgan fingerprint density at radius 2 is 1.48 bits per heavy atom. The fraction of sp³-hybridized carbons (Fsp3) is 0.632. The van der Waals surface area contributed by atoms with Gasteiger partial charge in [-0.1, -0.05) is 56.9 Å². The molecule has 0 N–H and O–H groups in total. The largest absolute Gasteiger partial charge is 0.469 e. The summed E-state index contributed by atoms with van der Waals surface area (Å²) >= 11 is 0. The van der Waals surface area contributed by atoms with E-state index in [9.17, 15) is 4.79 Å². The summed E-state index contributed by atoms with van der Waals surface area (Å²) in [5.74, 6) is -0.0868. The molecule has 0 aromatic heterocycles. The number of hydrogen-bond donors (Lipinski definition) is 0. The molecule has 0 amide bonds. The zero-order valence-electron chi connectivity index (χ0n) is 13.7. The van der Waals surface area contributed by atoms with Gasteiger partial charge in [0.1, 0.15) is 0 Å². The minimum Gasteiger partial charge on any atom is -0.469 e. The summed E-state index contributed by atoms with van der Waals surface area (Å²) in [6, 6.07) is 8.86. The molecule has 0 aliphatic heterocycles. The van der Waals surface area contributed by atoms with Gasteiger partial charge in [-0.2, -0.15) is 0 Å². The summed E-state index contributed by atoms with van der Waals surface area (Å²) < 4.78 is 4.65. The van der Waals surface area contributed by atoms with Crippen LogP contribution in [0.4, 0.5) is 0 Å². The molecule has 1 rings (SSSR count). The van der Waals surface area contributed by atoms with Gasteiger partial charge in [0.2, 0.25) is 0 Å². The molecular weight excluding hydrogens is 260 g/mol. The van der Waals surface area contributed by atoms with E-state index in [1.807, 2.05) is 0 Å². The van der Waals surface area contributed by atoms with Crippen molar-refractivity contribution in [1.29, 1.82) is 0 Å². The van der Waals surface area contributed by atoms with E-state index in [0.717, 1.165) is 12.8 Å². The summed E-state index contributed by atoms with van der Waals surface area (Å²) in [5, 5.41) is 0. The van der Waals surface area contributed by atoms with Gasteiger partial charge in [0, 0.05) is 6.42 Å². The van der Waals surface area contributed by atoms with Crippen LogP contribution in [0.2, 0.25) is 0 Å². The third-order valence-corrected chi connectivity index (χ3v) is 3.97. The van der Waals surface area contributed by atoms with Gasteiger partial charge in [0.15, 0.2) is 0 Å². The van der Waals surface area contributed by atoms with Crippen LogP contribution < -0.4 is 0 Å². The number of esters is 1. The SMILES string of the molecule is CCCCCc1ccccc1CCCCCCC(=O)OC. The Balaban J connectivity index is 2.23. The topological polar surface area (TPSA) is 26.3 Å². The summed E-state index contributed by atoms with van der Waals surface area (Å²) in [4.78, 5) is 11.0. The normalized spacial score (nSPS) is 10.6. The lowest BCUT2D eigenvalue weighted by molar-refractivity contribution is -0.140. The van der Waals surface area contributed by atoms with Crippen molar-refractivity contribution in [3.05, 3.63) is 35.4 Å². The minimum absolute atomic E-state index is 0.0868. The van der Waals surface area contributed by atoms with Crippen LogP contribution in [-0.2, 0) is 22.4 Å². The van der Waals surface area contributed by atoms with E-state index in [4.69, 9.17) is 0 Å². The van der Waals surface area contributed by atoms with Gasteiger partial charge in [-0.25, -0.2) is 0 Å². The van der Waals surface area contributed by atoms with Crippen LogP contribution >= 0.6 is 0 Å². The Morgan fingerprint density at radius 3 is 2.05 bits per heavy atom. The molecule has 0 fully saturated rings. The van der Waals surface area contributed by atoms with E-state index in [1.54, 1.807) is 0 Å². The summed E-state index contributed by atoms with van der Waals surface area (Å²) in [7, 11) is 1.46. The Bertz CT molecular complexity index is 398. The molecule has 0 aliphatic carbocycles. The summed E-state index contributed by atoms with van der Waals surface area (Å²) in [5.41, 5.74) is 3.04. The second-order valence-electron chi connectivity index (χ2n) is 5.72. The molecule has 0 unspecified atom stereocenters. The fourth-order valence-electron chi connectivity index (χ4n) is 2.65. The summed E-state index contributed by atoms with van der Waals surface area (Å²) in [6.45, 7) is 2.25. The third-order valence-electron chi connectivity index (χ3n) is 3.97. The fourth-order valence-corrected chi connectivity index (χ4v) is 2.65.